The molecule has 144 valence electrons. The van der Waals surface area contributed by atoms with Gasteiger partial charge in [-0.2, -0.15) is 0 Å². The minimum atomic E-state index is -1.03. The smallest absolute Gasteiger partial charge is 0.363 e. The van der Waals surface area contributed by atoms with Crippen LogP contribution < -0.4 is 0 Å². The average molecular weight is 348 g/mol. The molecule has 0 saturated heterocycles. The number of hydrogen-bond donors (Lipinski definition) is 0. The molecule has 0 rings (SSSR count). The zero-order chi connectivity index (χ0) is 18.0. The van der Waals surface area contributed by atoms with Gasteiger partial charge in [-0.3, -0.25) is 0 Å². The van der Waals surface area contributed by atoms with Gasteiger partial charge in [-0.05, 0) is 26.2 Å². The van der Waals surface area contributed by atoms with E-state index in [2.05, 4.69) is 13.8 Å². The molecule has 0 spiro atoms. The maximum Gasteiger partial charge on any atom is 0.363 e. The third-order valence-corrected chi connectivity index (χ3v) is 3.34. The number of rotatable bonds is 17. The number of hydrogen-bond acceptors (Lipinski definition) is 6. The van der Waals surface area contributed by atoms with Gasteiger partial charge in [-0.1, -0.05) is 33.6 Å². The van der Waals surface area contributed by atoms with Crippen molar-refractivity contribution in [2.75, 3.05) is 39.6 Å². The highest BCUT2D eigenvalue weighted by molar-refractivity contribution is 5.73. The molecule has 24 heavy (non-hydrogen) atoms. The summed E-state index contributed by atoms with van der Waals surface area (Å²) in [6.45, 7) is 10.8. The number of carbonyl (C=O) groups excluding carboxylic acids is 1. The lowest BCUT2D eigenvalue weighted by Crippen LogP contribution is -2.36. The van der Waals surface area contributed by atoms with Crippen molar-refractivity contribution >= 4 is 5.97 Å². The first-order valence-corrected chi connectivity index (χ1v) is 9.28. The molecular weight excluding hydrogens is 312 g/mol. The Kier molecular flexibility index (Phi) is 16.7. The molecule has 0 saturated carbocycles. The Morgan fingerprint density at radius 1 is 0.875 bits per heavy atom. The van der Waals surface area contributed by atoms with E-state index in [-0.39, 0.29) is 6.10 Å². The summed E-state index contributed by atoms with van der Waals surface area (Å²) in [5.41, 5.74) is 0. The van der Waals surface area contributed by atoms with Crippen LogP contribution in [0.15, 0.2) is 0 Å². The molecule has 0 radical (unpaired) electrons. The summed E-state index contributed by atoms with van der Waals surface area (Å²) < 4.78 is 27.3. The van der Waals surface area contributed by atoms with Crippen molar-refractivity contribution in [1.29, 1.82) is 0 Å². The van der Waals surface area contributed by atoms with Gasteiger partial charge in [0.1, 0.15) is 0 Å². The summed E-state index contributed by atoms with van der Waals surface area (Å²) in [4.78, 5) is 12.0. The molecule has 6 nitrogen and oxygen atoms in total. The standard InChI is InChI=1S/C18H36O6/c1-5-9-11-20-13-14-23-18(17(19)22-8-4)24-16(7-3)15-21-12-10-6-2/h16,18H,5-15H2,1-4H3. The summed E-state index contributed by atoms with van der Waals surface area (Å²) in [6, 6.07) is 0. The Balaban J connectivity index is 4.23. The summed E-state index contributed by atoms with van der Waals surface area (Å²) >= 11 is 0. The average Bonchev–Trinajstić information content (AvgIpc) is 2.59. The van der Waals surface area contributed by atoms with Gasteiger partial charge >= 0.3 is 5.97 Å². The summed E-state index contributed by atoms with van der Waals surface area (Å²) in [5, 5.41) is 0. The first kappa shape index (κ1) is 23.3. The van der Waals surface area contributed by atoms with Crippen LogP contribution in [0.1, 0.15) is 59.8 Å². The lowest BCUT2D eigenvalue weighted by Gasteiger charge is -2.23. The van der Waals surface area contributed by atoms with Gasteiger partial charge < -0.3 is 23.7 Å². The first-order chi connectivity index (χ1) is 11.7. The van der Waals surface area contributed by atoms with E-state index in [1.165, 1.54) is 0 Å². The van der Waals surface area contributed by atoms with E-state index in [4.69, 9.17) is 23.7 Å². The molecule has 0 amide bonds. The van der Waals surface area contributed by atoms with E-state index in [0.717, 1.165) is 32.1 Å². The highest BCUT2D eigenvalue weighted by atomic mass is 16.7. The zero-order valence-corrected chi connectivity index (χ0v) is 15.9. The minimum absolute atomic E-state index is 0.197. The lowest BCUT2D eigenvalue weighted by atomic mass is 10.3. The molecule has 0 aliphatic carbocycles. The second-order valence-corrected chi connectivity index (χ2v) is 5.52. The van der Waals surface area contributed by atoms with Gasteiger partial charge in [0.2, 0.25) is 0 Å². The third kappa shape index (κ3) is 12.7. The predicted octanol–water partition coefficient (Wildman–Crippen LogP) is 3.32. The van der Waals surface area contributed by atoms with E-state index in [9.17, 15) is 4.79 Å². The molecule has 0 aromatic carbocycles. The Labute approximate surface area is 147 Å². The fourth-order valence-corrected chi connectivity index (χ4v) is 1.83. The van der Waals surface area contributed by atoms with Crippen LogP contribution in [0.4, 0.5) is 0 Å². The van der Waals surface area contributed by atoms with E-state index < -0.39 is 12.3 Å². The van der Waals surface area contributed by atoms with Crippen molar-refractivity contribution in [3.05, 3.63) is 0 Å². The van der Waals surface area contributed by atoms with Gasteiger partial charge in [-0.15, -0.1) is 0 Å². The van der Waals surface area contributed by atoms with Crippen molar-refractivity contribution in [3.8, 4) is 0 Å². The highest BCUT2D eigenvalue weighted by Gasteiger charge is 2.25. The van der Waals surface area contributed by atoms with E-state index in [1.807, 2.05) is 6.92 Å². The van der Waals surface area contributed by atoms with E-state index >= 15 is 0 Å². The van der Waals surface area contributed by atoms with Gasteiger partial charge in [0.15, 0.2) is 0 Å². The second kappa shape index (κ2) is 17.1. The quantitative estimate of drug-likeness (QED) is 0.228. The van der Waals surface area contributed by atoms with Crippen LogP contribution in [-0.4, -0.2) is 58.0 Å². The van der Waals surface area contributed by atoms with E-state index in [1.54, 1.807) is 6.92 Å². The van der Waals surface area contributed by atoms with Crippen molar-refractivity contribution in [2.45, 2.75) is 72.2 Å². The summed E-state index contributed by atoms with van der Waals surface area (Å²) in [5.74, 6) is -0.502. The van der Waals surface area contributed by atoms with Crippen LogP contribution in [0.2, 0.25) is 0 Å². The van der Waals surface area contributed by atoms with Crippen molar-refractivity contribution in [3.63, 3.8) is 0 Å². The first-order valence-electron chi connectivity index (χ1n) is 9.28. The second-order valence-electron chi connectivity index (χ2n) is 5.52. The molecule has 0 aliphatic rings. The SMILES string of the molecule is CCCCOCCOC(OC(CC)COCCCC)C(=O)OCC. The number of carbonyl (C=O) groups is 1. The fraction of sp³-hybridized carbons (Fsp3) is 0.944. The molecule has 0 heterocycles. The zero-order valence-electron chi connectivity index (χ0n) is 15.9. The largest absolute Gasteiger partial charge is 0.462 e. The van der Waals surface area contributed by atoms with Crippen LogP contribution in [0.5, 0.6) is 0 Å². The number of esters is 1. The Bertz CT molecular complexity index is 285. The van der Waals surface area contributed by atoms with Crippen LogP contribution in [0.3, 0.4) is 0 Å². The fourth-order valence-electron chi connectivity index (χ4n) is 1.83. The number of unbranched alkanes of at least 4 members (excludes halogenated alkanes) is 2. The molecule has 2 unspecified atom stereocenters. The molecule has 0 aliphatic heterocycles. The molecule has 6 heteroatoms. The van der Waals surface area contributed by atoms with Crippen LogP contribution in [-0.2, 0) is 28.5 Å². The van der Waals surface area contributed by atoms with Gasteiger partial charge in [-0.25, -0.2) is 4.79 Å². The molecule has 0 N–H and O–H groups in total. The topological polar surface area (TPSA) is 63.2 Å². The molecule has 0 bridgehead atoms. The Morgan fingerprint density at radius 2 is 1.54 bits per heavy atom. The van der Waals surface area contributed by atoms with Crippen LogP contribution in [0, 0.1) is 0 Å². The number of ether oxygens (including phenoxy) is 5. The van der Waals surface area contributed by atoms with Gasteiger partial charge in [0.25, 0.3) is 6.29 Å². The van der Waals surface area contributed by atoms with Crippen molar-refractivity contribution in [1.82, 2.24) is 0 Å². The Hall–Kier alpha value is -0.690. The summed E-state index contributed by atoms with van der Waals surface area (Å²) in [6.07, 6.45) is 3.72. The van der Waals surface area contributed by atoms with Crippen LogP contribution >= 0.6 is 0 Å². The molecule has 0 aromatic heterocycles. The predicted molar refractivity (Wildman–Crippen MR) is 93.0 cm³/mol. The molecule has 0 aromatic rings. The van der Waals surface area contributed by atoms with Crippen molar-refractivity contribution < 1.29 is 28.5 Å². The van der Waals surface area contributed by atoms with Crippen molar-refractivity contribution in [2.24, 2.45) is 0 Å². The van der Waals surface area contributed by atoms with Crippen LogP contribution in [0.25, 0.3) is 0 Å². The summed E-state index contributed by atoms with van der Waals surface area (Å²) in [7, 11) is 0. The maximum atomic E-state index is 12.0. The Morgan fingerprint density at radius 3 is 2.12 bits per heavy atom. The maximum absolute atomic E-state index is 12.0. The third-order valence-electron chi connectivity index (χ3n) is 3.34. The van der Waals surface area contributed by atoms with Gasteiger partial charge in [0.05, 0.1) is 32.5 Å². The molecule has 0 fully saturated rings. The normalized spacial score (nSPS) is 13.7. The monoisotopic (exact) mass is 348 g/mol. The molecular formula is C18H36O6. The minimum Gasteiger partial charge on any atom is -0.462 e. The highest BCUT2D eigenvalue weighted by Crippen LogP contribution is 2.08. The van der Waals surface area contributed by atoms with Gasteiger partial charge in [0, 0.05) is 13.2 Å². The lowest BCUT2D eigenvalue weighted by molar-refractivity contribution is -0.213. The molecule has 2 atom stereocenters. The van der Waals surface area contributed by atoms with E-state index in [0.29, 0.717) is 39.6 Å².